The van der Waals surface area contributed by atoms with Crippen LogP contribution in [0.4, 0.5) is 0 Å². The van der Waals surface area contributed by atoms with Gasteiger partial charge in [0.1, 0.15) is 11.2 Å². The number of fused-ring (bicyclic) bond motifs is 2. The predicted octanol–water partition coefficient (Wildman–Crippen LogP) is 4.24. The molecular weight excluding hydrogens is 438 g/mol. The third kappa shape index (κ3) is 2.59. The first-order chi connectivity index (χ1) is 16.3. The number of aromatic nitrogens is 1. The van der Waals surface area contributed by atoms with E-state index in [1.807, 2.05) is 24.3 Å². The van der Waals surface area contributed by atoms with E-state index in [1.165, 1.54) is 0 Å². The van der Waals surface area contributed by atoms with E-state index < -0.39 is 23.1 Å². The first-order valence-electron chi connectivity index (χ1n) is 10.2. The second-order valence-corrected chi connectivity index (χ2v) is 7.94. The largest absolute Gasteiger partial charge is 0.478 e. The van der Waals surface area contributed by atoms with Crippen molar-refractivity contribution in [2.24, 2.45) is 0 Å². The average Bonchev–Trinajstić information content (AvgIpc) is 2.83. The molecule has 6 rings (SSSR count). The Bertz CT molecular complexity index is 1900. The van der Waals surface area contributed by atoms with Crippen molar-refractivity contribution in [1.29, 1.82) is 0 Å². The van der Waals surface area contributed by atoms with Crippen molar-refractivity contribution in [3.8, 4) is 5.69 Å². The van der Waals surface area contributed by atoms with Gasteiger partial charge in [-0.25, -0.2) is 14.2 Å². The Morgan fingerprint density at radius 1 is 0.647 bits per heavy atom. The number of rotatable bonds is 3. The van der Waals surface area contributed by atoms with Crippen molar-refractivity contribution >= 4 is 55.4 Å². The van der Waals surface area contributed by atoms with Crippen LogP contribution in [-0.4, -0.2) is 26.7 Å². The van der Waals surface area contributed by atoms with Gasteiger partial charge in [-0.05, 0) is 47.9 Å². The molecule has 8 heteroatoms. The summed E-state index contributed by atoms with van der Waals surface area (Å²) >= 11 is 0. The SMILES string of the molecule is O=C(O)c1cc(C(=O)O)cc(-n2c(=O)c3ccc4oc5ccccc5c5ccc(c2=O)c3c45)c1. The van der Waals surface area contributed by atoms with Crippen molar-refractivity contribution in [1.82, 2.24) is 4.57 Å². The van der Waals surface area contributed by atoms with Crippen LogP contribution in [0.2, 0.25) is 0 Å². The van der Waals surface area contributed by atoms with Crippen molar-refractivity contribution in [2.75, 3.05) is 0 Å². The minimum atomic E-state index is -1.38. The van der Waals surface area contributed by atoms with Gasteiger partial charge in [-0.3, -0.25) is 9.59 Å². The van der Waals surface area contributed by atoms with E-state index >= 15 is 0 Å². The molecule has 2 N–H and O–H groups in total. The van der Waals surface area contributed by atoms with E-state index in [0.717, 1.165) is 33.5 Å². The van der Waals surface area contributed by atoms with E-state index in [4.69, 9.17) is 4.42 Å². The number of carboxylic acid groups (broad SMARTS) is 2. The summed E-state index contributed by atoms with van der Waals surface area (Å²) in [7, 11) is 0. The fourth-order valence-electron chi connectivity index (χ4n) is 4.58. The van der Waals surface area contributed by atoms with E-state index in [2.05, 4.69) is 0 Å². The third-order valence-electron chi connectivity index (χ3n) is 6.06. The van der Waals surface area contributed by atoms with Gasteiger partial charge in [0, 0.05) is 26.9 Å². The maximum Gasteiger partial charge on any atom is 0.335 e. The van der Waals surface area contributed by atoms with Crippen LogP contribution in [0.15, 0.2) is 80.7 Å². The highest BCUT2D eigenvalue weighted by Crippen LogP contribution is 2.36. The first kappa shape index (κ1) is 19.7. The lowest BCUT2D eigenvalue weighted by Gasteiger charge is -2.14. The summed E-state index contributed by atoms with van der Waals surface area (Å²) in [6, 6.07) is 17.3. The zero-order valence-corrected chi connectivity index (χ0v) is 17.2. The Hall–Kier alpha value is -4.98. The van der Waals surface area contributed by atoms with Gasteiger partial charge in [0.2, 0.25) is 0 Å². The smallest absolute Gasteiger partial charge is 0.335 e. The van der Waals surface area contributed by atoms with Crippen LogP contribution in [0, 0.1) is 0 Å². The summed E-state index contributed by atoms with van der Waals surface area (Å²) in [6.45, 7) is 0. The van der Waals surface area contributed by atoms with Gasteiger partial charge in [0.05, 0.1) is 16.8 Å². The number of para-hydroxylation sites is 1. The third-order valence-corrected chi connectivity index (χ3v) is 6.06. The number of benzene rings is 4. The fraction of sp³-hybridized carbons (Fsp3) is 0. The number of carbonyl (C=O) groups is 2. The van der Waals surface area contributed by atoms with Crippen LogP contribution >= 0.6 is 0 Å². The van der Waals surface area contributed by atoms with Crippen molar-refractivity contribution in [2.45, 2.75) is 0 Å². The highest BCUT2D eigenvalue weighted by Gasteiger charge is 2.21. The van der Waals surface area contributed by atoms with E-state index in [0.29, 0.717) is 21.9 Å². The lowest BCUT2D eigenvalue weighted by molar-refractivity contribution is 0.0696. The van der Waals surface area contributed by atoms with Crippen molar-refractivity contribution in [3.05, 3.63) is 98.6 Å². The number of nitrogens with zero attached hydrogens (tertiary/aromatic N) is 1. The first-order valence-corrected chi connectivity index (χ1v) is 10.2. The molecule has 34 heavy (non-hydrogen) atoms. The Morgan fingerprint density at radius 3 is 1.88 bits per heavy atom. The Balaban J connectivity index is 1.79. The second-order valence-electron chi connectivity index (χ2n) is 7.94. The Labute approximate surface area is 188 Å². The molecule has 0 bridgehead atoms. The van der Waals surface area contributed by atoms with Gasteiger partial charge >= 0.3 is 11.9 Å². The molecule has 0 amide bonds. The van der Waals surface area contributed by atoms with Crippen LogP contribution in [0.1, 0.15) is 20.7 Å². The van der Waals surface area contributed by atoms with Gasteiger partial charge in [-0.15, -0.1) is 0 Å². The van der Waals surface area contributed by atoms with Crippen LogP contribution in [0.3, 0.4) is 0 Å². The van der Waals surface area contributed by atoms with Gasteiger partial charge < -0.3 is 14.6 Å². The maximum atomic E-state index is 13.5. The summed E-state index contributed by atoms with van der Waals surface area (Å²) in [5.74, 6) is -2.76. The molecule has 164 valence electrons. The molecule has 4 aromatic carbocycles. The number of carboxylic acids is 2. The minimum absolute atomic E-state index is 0.132. The monoisotopic (exact) mass is 451 g/mol. The summed E-state index contributed by atoms with van der Waals surface area (Å²) in [5, 5.41) is 22.0. The molecular formula is C26H13NO7. The molecule has 0 spiro atoms. The van der Waals surface area contributed by atoms with E-state index in [-0.39, 0.29) is 27.6 Å². The quantitative estimate of drug-likeness (QED) is 0.304. The zero-order chi connectivity index (χ0) is 23.7. The highest BCUT2D eigenvalue weighted by molar-refractivity contribution is 6.26. The van der Waals surface area contributed by atoms with Crippen LogP contribution in [-0.2, 0) is 0 Å². The molecule has 2 heterocycles. The topological polar surface area (TPSA) is 127 Å². The molecule has 0 atom stereocenters. The van der Waals surface area contributed by atoms with Gasteiger partial charge in [-0.1, -0.05) is 24.3 Å². The molecule has 2 aromatic heterocycles. The summed E-state index contributed by atoms with van der Waals surface area (Å²) < 4.78 is 6.84. The molecule has 0 fully saturated rings. The molecule has 0 aliphatic heterocycles. The van der Waals surface area contributed by atoms with E-state index in [1.54, 1.807) is 24.3 Å². The zero-order valence-electron chi connectivity index (χ0n) is 17.2. The van der Waals surface area contributed by atoms with Crippen LogP contribution in [0.5, 0.6) is 0 Å². The molecule has 6 aromatic rings. The molecule has 0 aliphatic rings. The molecule has 0 aliphatic carbocycles. The predicted molar refractivity (Wildman–Crippen MR) is 126 cm³/mol. The molecule has 0 unspecified atom stereocenters. The highest BCUT2D eigenvalue weighted by atomic mass is 16.4. The number of pyridine rings is 1. The number of aromatic carboxylic acids is 2. The second kappa shape index (κ2) is 6.76. The molecule has 8 nitrogen and oxygen atoms in total. The summed E-state index contributed by atoms with van der Waals surface area (Å²) in [4.78, 5) is 50.1. The average molecular weight is 451 g/mol. The normalized spacial score (nSPS) is 11.6. The molecule has 0 radical (unpaired) electrons. The van der Waals surface area contributed by atoms with E-state index in [9.17, 15) is 29.4 Å². The van der Waals surface area contributed by atoms with Gasteiger partial charge in [0.25, 0.3) is 11.1 Å². The van der Waals surface area contributed by atoms with Gasteiger partial charge in [-0.2, -0.15) is 0 Å². The van der Waals surface area contributed by atoms with Crippen LogP contribution < -0.4 is 11.1 Å². The number of hydrogen-bond acceptors (Lipinski definition) is 5. The standard InChI is InChI=1S/C26H13NO7/c28-23-17-6-5-16-15-3-1-2-4-19(15)34-20-8-7-18(21(17)22(16)20)24(29)27(23)14-10-12(25(30)31)9-13(11-14)26(32)33/h1-11H,(H,30,31)(H,32,33). The number of hydrogen-bond donors (Lipinski definition) is 2. The van der Waals surface area contributed by atoms with Crippen LogP contribution in [0.25, 0.3) is 49.2 Å². The Morgan fingerprint density at radius 2 is 1.24 bits per heavy atom. The summed E-state index contributed by atoms with van der Waals surface area (Å²) in [5.41, 5.74) is -1.01. The van der Waals surface area contributed by atoms with Gasteiger partial charge in [0.15, 0.2) is 0 Å². The lowest BCUT2D eigenvalue weighted by Crippen LogP contribution is -2.32. The lowest BCUT2D eigenvalue weighted by atomic mass is 9.96. The van der Waals surface area contributed by atoms with Crippen molar-refractivity contribution < 1.29 is 24.2 Å². The van der Waals surface area contributed by atoms with Crippen molar-refractivity contribution in [3.63, 3.8) is 0 Å². The molecule has 0 saturated carbocycles. The maximum absolute atomic E-state index is 13.5. The summed E-state index contributed by atoms with van der Waals surface area (Å²) in [6.07, 6.45) is 0. The molecule has 0 saturated heterocycles. The Kier molecular flexibility index (Phi) is 3.91. The fourth-order valence-corrected chi connectivity index (χ4v) is 4.58. The minimum Gasteiger partial charge on any atom is -0.478 e.